The highest BCUT2D eigenvalue weighted by Gasteiger charge is 2.41. The van der Waals surface area contributed by atoms with Gasteiger partial charge in [0.2, 0.25) is 5.92 Å². The molecule has 3 aliphatic rings. The molecule has 8 heteroatoms. The van der Waals surface area contributed by atoms with E-state index in [4.69, 9.17) is 11.5 Å². The third kappa shape index (κ3) is 9.62. The van der Waals surface area contributed by atoms with Crippen LogP contribution in [0.5, 0.6) is 0 Å². The SMILES string of the molecule is C=C1CCC(N(C)Cc2c(C)ccc(/C(N)=C/C=C(\C)CN3CC(C4CCC(F)(F)CC4)C3)c2F)CCN1.CCN. The van der Waals surface area contributed by atoms with E-state index in [1.165, 1.54) is 0 Å². The van der Waals surface area contributed by atoms with Gasteiger partial charge in [0.05, 0.1) is 0 Å². The van der Waals surface area contributed by atoms with E-state index < -0.39 is 5.92 Å². The van der Waals surface area contributed by atoms with Gasteiger partial charge < -0.3 is 16.8 Å². The lowest BCUT2D eigenvalue weighted by atomic mass is 9.75. The molecule has 5 N–H and O–H groups in total. The van der Waals surface area contributed by atoms with Crippen molar-refractivity contribution in [3.8, 4) is 0 Å². The number of halogens is 3. The normalized spacial score (nSPS) is 23.0. The van der Waals surface area contributed by atoms with Gasteiger partial charge in [-0.1, -0.05) is 31.2 Å². The number of benzene rings is 1. The number of nitrogens with one attached hydrogen (secondary N) is 1. The summed E-state index contributed by atoms with van der Waals surface area (Å²) >= 11 is 0. The molecule has 5 nitrogen and oxygen atoms in total. The van der Waals surface area contributed by atoms with E-state index in [1.54, 1.807) is 12.1 Å². The first kappa shape index (κ1) is 33.2. The highest BCUT2D eigenvalue weighted by Crippen LogP contribution is 2.41. The summed E-state index contributed by atoms with van der Waals surface area (Å²) in [5.41, 5.74) is 15.9. The fourth-order valence-electron chi connectivity index (χ4n) is 6.24. The Morgan fingerprint density at radius 2 is 1.80 bits per heavy atom. The summed E-state index contributed by atoms with van der Waals surface area (Å²) in [5.74, 6) is -1.73. The molecular formula is C33H52F3N5. The maximum absolute atomic E-state index is 15.7. The van der Waals surface area contributed by atoms with Gasteiger partial charge in [-0.3, -0.25) is 9.80 Å². The second kappa shape index (κ2) is 15.3. The van der Waals surface area contributed by atoms with Crippen molar-refractivity contribution in [2.75, 3.05) is 39.8 Å². The summed E-state index contributed by atoms with van der Waals surface area (Å²) in [7, 11) is 2.07. The molecule has 1 aromatic rings. The van der Waals surface area contributed by atoms with Crippen LogP contribution >= 0.6 is 0 Å². The maximum atomic E-state index is 15.7. The van der Waals surface area contributed by atoms with Gasteiger partial charge in [-0.15, -0.1) is 0 Å². The summed E-state index contributed by atoms with van der Waals surface area (Å²) in [6.07, 6.45) is 8.12. The van der Waals surface area contributed by atoms with Crippen LogP contribution in [0.25, 0.3) is 5.70 Å². The van der Waals surface area contributed by atoms with Gasteiger partial charge in [0.25, 0.3) is 0 Å². The Kier molecular flexibility index (Phi) is 12.4. The summed E-state index contributed by atoms with van der Waals surface area (Å²) in [6.45, 7) is 14.9. The average Bonchev–Trinajstić information content (AvgIpc) is 3.12. The van der Waals surface area contributed by atoms with Crippen LogP contribution < -0.4 is 16.8 Å². The first-order valence-electron chi connectivity index (χ1n) is 15.3. The molecule has 1 atom stereocenters. The van der Waals surface area contributed by atoms with E-state index in [0.717, 1.165) is 68.8 Å². The Bertz CT molecular complexity index is 1070. The van der Waals surface area contributed by atoms with Crippen molar-refractivity contribution in [2.24, 2.45) is 23.3 Å². The minimum Gasteiger partial charge on any atom is -0.398 e. The number of allylic oxidation sites excluding steroid dienone is 3. The van der Waals surface area contributed by atoms with Crippen LogP contribution in [0.15, 0.2) is 42.1 Å². The van der Waals surface area contributed by atoms with Crippen LogP contribution in [0.2, 0.25) is 0 Å². The molecule has 2 saturated heterocycles. The highest BCUT2D eigenvalue weighted by atomic mass is 19.3. The number of hydrogen-bond acceptors (Lipinski definition) is 5. The molecule has 2 aliphatic heterocycles. The lowest BCUT2D eigenvalue weighted by molar-refractivity contribution is -0.0650. The maximum Gasteiger partial charge on any atom is 0.248 e. The Labute approximate surface area is 245 Å². The fourth-order valence-corrected chi connectivity index (χ4v) is 6.24. The fraction of sp³-hybridized carbons (Fsp3) is 0.636. The van der Waals surface area contributed by atoms with E-state index in [2.05, 4.69) is 35.7 Å². The van der Waals surface area contributed by atoms with Crippen molar-refractivity contribution in [3.05, 3.63) is 64.6 Å². The predicted octanol–water partition coefficient (Wildman–Crippen LogP) is 6.19. The molecule has 1 aromatic carbocycles. The molecule has 41 heavy (non-hydrogen) atoms. The molecule has 1 unspecified atom stereocenters. The lowest BCUT2D eigenvalue weighted by Gasteiger charge is -2.45. The van der Waals surface area contributed by atoms with Crippen LogP contribution in [0, 0.1) is 24.6 Å². The molecule has 0 amide bonds. The predicted molar refractivity (Wildman–Crippen MR) is 165 cm³/mol. The second-order valence-electron chi connectivity index (χ2n) is 12.3. The highest BCUT2D eigenvalue weighted by molar-refractivity contribution is 5.66. The third-order valence-corrected chi connectivity index (χ3v) is 8.89. The van der Waals surface area contributed by atoms with Gasteiger partial charge in [0.15, 0.2) is 0 Å². The molecule has 1 saturated carbocycles. The van der Waals surface area contributed by atoms with Crippen LogP contribution in [0.1, 0.15) is 75.5 Å². The van der Waals surface area contributed by atoms with Gasteiger partial charge in [-0.25, -0.2) is 13.2 Å². The first-order chi connectivity index (χ1) is 19.4. The van der Waals surface area contributed by atoms with E-state index in [9.17, 15) is 8.78 Å². The minimum atomic E-state index is -2.46. The van der Waals surface area contributed by atoms with Crippen LogP contribution in [0.3, 0.4) is 0 Å². The Balaban J connectivity index is 0.00000147. The van der Waals surface area contributed by atoms with Crippen LogP contribution in [-0.2, 0) is 6.54 Å². The zero-order valence-corrected chi connectivity index (χ0v) is 25.6. The smallest absolute Gasteiger partial charge is 0.248 e. The molecule has 0 radical (unpaired) electrons. The Hall–Kier alpha value is -2.29. The quantitative estimate of drug-likeness (QED) is 0.323. The first-order valence-corrected chi connectivity index (χ1v) is 15.3. The van der Waals surface area contributed by atoms with Gasteiger partial charge in [-0.2, -0.15) is 0 Å². The third-order valence-electron chi connectivity index (χ3n) is 8.89. The number of hydrogen-bond donors (Lipinski definition) is 3. The monoisotopic (exact) mass is 575 g/mol. The number of nitrogens with two attached hydrogens (primary N) is 2. The number of rotatable bonds is 8. The van der Waals surface area contributed by atoms with Crippen molar-refractivity contribution in [3.63, 3.8) is 0 Å². The molecule has 0 spiro atoms. The second-order valence-corrected chi connectivity index (χ2v) is 12.3. The topological polar surface area (TPSA) is 70.5 Å². The standard InChI is InChI=1S/C31H45F3N4.C2H7N/c1-21(17-38-18-25(19-38)24-11-14-31(33,34)15-12-24)5-10-29(35)27-9-6-22(2)28(30(27)32)20-37(4)26-8-7-23(3)36-16-13-26;1-2-3/h5-6,9-10,24-26,36H,3,7-8,11-20,35H2,1-2,4H3;2-3H2,1H3/b21-5+,29-10-;. The summed E-state index contributed by atoms with van der Waals surface area (Å²) in [4.78, 5) is 4.60. The van der Waals surface area contributed by atoms with Crippen molar-refractivity contribution in [1.82, 2.24) is 15.1 Å². The average molecular weight is 576 g/mol. The molecule has 230 valence electrons. The van der Waals surface area contributed by atoms with Gasteiger partial charge in [0.1, 0.15) is 5.82 Å². The zero-order valence-electron chi connectivity index (χ0n) is 25.6. The summed E-state index contributed by atoms with van der Waals surface area (Å²) in [5, 5.41) is 3.35. The van der Waals surface area contributed by atoms with Gasteiger partial charge in [0, 0.05) is 74.1 Å². The van der Waals surface area contributed by atoms with E-state index >= 15 is 4.39 Å². The van der Waals surface area contributed by atoms with Gasteiger partial charge >= 0.3 is 0 Å². The Morgan fingerprint density at radius 1 is 1.15 bits per heavy atom. The van der Waals surface area contributed by atoms with E-state index in [-0.39, 0.29) is 18.7 Å². The molecular weight excluding hydrogens is 523 g/mol. The molecule has 2 heterocycles. The Morgan fingerprint density at radius 3 is 2.46 bits per heavy atom. The van der Waals surface area contributed by atoms with Crippen molar-refractivity contribution in [2.45, 2.75) is 84.2 Å². The van der Waals surface area contributed by atoms with Crippen LogP contribution in [0.4, 0.5) is 13.2 Å². The molecule has 4 rings (SSSR count). The number of nitrogens with zero attached hydrogens (tertiary/aromatic N) is 2. The largest absolute Gasteiger partial charge is 0.398 e. The van der Waals surface area contributed by atoms with Gasteiger partial charge in [-0.05, 0) is 89.1 Å². The summed E-state index contributed by atoms with van der Waals surface area (Å²) in [6, 6.07) is 4.11. The number of aryl methyl sites for hydroxylation is 1. The van der Waals surface area contributed by atoms with Crippen molar-refractivity contribution >= 4 is 5.70 Å². The van der Waals surface area contributed by atoms with Crippen molar-refractivity contribution in [1.29, 1.82) is 0 Å². The minimum absolute atomic E-state index is 0.0406. The molecule has 0 aromatic heterocycles. The van der Waals surface area contributed by atoms with E-state index in [1.807, 2.05) is 26.0 Å². The molecule has 1 aliphatic carbocycles. The number of alkyl halides is 2. The number of likely N-dealkylation sites (tertiary alicyclic amines) is 1. The lowest BCUT2D eigenvalue weighted by Crippen LogP contribution is -2.51. The zero-order chi connectivity index (χ0) is 30.2. The molecule has 0 bridgehead atoms. The molecule has 3 fully saturated rings. The van der Waals surface area contributed by atoms with Crippen LogP contribution in [-0.4, -0.2) is 61.5 Å². The summed E-state index contributed by atoms with van der Waals surface area (Å²) < 4.78 is 42.6. The van der Waals surface area contributed by atoms with Crippen molar-refractivity contribution < 1.29 is 13.2 Å². The van der Waals surface area contributed by atoms with E-state index in [0.29, 0.717) is 54.1 Å².